The lowest BCUT2D eigenvalue weighted by Gasteiger charge is -2.36. The van der Waals surface area contributed by atoms with Gasteiger partial charge in [0.15, 0.2) is 0 Å². The highest BCUT2D eigenvalue weighted by atomic mass is 16.3. The molecular weight excluding hydrogens is 302 g/mol. The van der Waals surface area contributed by atoms with E-state index < -0.39 is 5.60 Å². The summed E-state index contributed by atoms with van der Waals surface area (Å²) in [6.45, 7) is 3.69. The zero-order chi connectivity index (χ0) is 16.6. The van der Waals surface area contributed by atoms with Gasteiger partial charge < -0.3 is 10.0 Å². The Morgan fingerprint density at radius 3 is 2.50 bits per heavy atom. The van der Waals surface area contributed by atoms with E-state index in [9.17, 15) is 9.90 Å². The van der Waals surface area contributed by atoms with Crippen LogP contribution in [0.2, 0.25) is 0 Å². The second-order valence-electron chi connectivity index (χ2n) is 8.23. The maximum Gasteiger partial charge on any atom is 0.253 e. The largest absolute Gasteiger partial charge is 0.389 e. The fourth-order valence-corrected chi connectivity index (χ4v) is 4.39. The van der Waals surface area contributed by atoms with Gasteiger partial charge in [0.05, 0.1) is 17.6 Å². The molecule has 2 aliphatic carbocycles. The summed E-state index contributed by atoms with van der Waals surface area (Å²) in [5.41, 5.74) is 0.650. The monoisotopic (exact) mass is 331 g/mol. The molecule has 1 N–H and O–H groups in total. The van der Waals surface area contributed by atoms with E-state index in [0.717, 1.165) is 57.6 Å². The van der Waals surface area contributed by atoms with Crippen LogP contribution in [0.25, 0.3) is 0 Å². The highest BCUT2D eigenvalue weighted by Crippen LogP contribution is 2.38. The van der Waals surface area contributed by atoms with Gasteiger partial charge in [0.1, 0.15) is 0 Å². The minimum Gasteiger partial charge on any atom is -0.389 e. The Morgan fingerprint density at radius 1 is 1.17 bits per heavy atom. The zero-order valence-corrected chi connectivity index (χ0v) is 14.5. The van der Waals surface area contributed by atoms with Gasteiger partial charge in [0.2, 0.25) is 0 Å². The molecule has 2 saturated carbocycles. The molecule has 5 nitrogen and oxygen atoms in total. The molecule has 1 aromatic heterocycles. The molecule has 1 aliphatic heterocycles. The summed E-state index contributed by atoms with van der Waals surface area (Å²) >= 11 is 0. The van der Waals surface area contributed by atoms with Crippen molar-refractivity contribution in [3.63, 3.8) is 0 Å². The first kappa shape index (κ1) is 16.3. The second kappa shape index (κ2) is 6.60. The van der Waals surface area contributed by atoms with Crippen LogP contribution in [0.15, 0.2) is 17.2 Å². The van der Waals surface area contributed by atoms with Crippen molar-refractivity contribution in [2.24, 2.45) is 5.92 Å². The summed E-state index contributed by atoms with van der Waals surface area (Å²) < 4.78 is 1.79. The number of β-amino-alcohol motifs (C(OH)–C–C–N with tert-alkyl or cyclic N) is 1. The first-order valence-electron chi connectivity index (χ1n) is 9.62. The van der Waals surface area contributed by atoms with E-state index in [1.54, 1.807) is 17.0 Å². The van der Waals surface area contributed by atoms with Crippen LogP contribution >= 0.6 is 0 Å². The summed E-state index contributed by atoms with van der Waals surface area (Å²) in [5, 5.41) is 10.6. The molecule has 5 heteroatoms. The van der Waals surface area contributed by atoms with E-state index in [1.807, 2.05) is 0 Å². The summed E-state index contributed by atoms with van der Waals surface area (Å²) in [7, 11) is 0. The van der Waals surface area contributed by atoms with Crippen molar-refractivity contribution in [2.45, 2.75) is 69.4 Å². The molecule has 1 aromatic rings. The Hall–Kier alpha value is -1.20. The molecule has 24 heavy (non-hydrogen) atoms. The number of hydrogen-bond donors (Lipinski definition) is 1. The summed E-state index contributed by atoms with van der Waals surface area (Å²) in [6, 6.07) is 1.74. The van der Waals surface area contributed by atoms with Gasteiger partial charge in [-0.2, -0.15) is 0 Å². The first-order valence-corrected chi connectivity index (χ1v) is 9.62. The summed E-state index contributed by atoms with van der Waals surface area (Å²) in [4.78, 5) is 19.2. The quantitative estimate of drug-likeness (QED) is 0.898. The third-order valence-electron chi connectivity index (χ3n) is 6.11. The topological polar surface area (TPSA) is 58.4 Å². The van der Waals surface area contributed by atoms with E-state index in [1.165, 1.54) is 25.7 Å². The van der Waals surface area contributed by atoms with Crippen LogP contribution in [-0.4, -0.2) is 44.8 Å². The number of hydrogen-bond acceptors (Lipinski definition) is 4. The first-order chi connectivity index (χ1) is 11.6. The molecule has 0 aromatic carbocycles. The van der Waals surface area contributed by atoms with Gasteiger partial charge in [0.25, 0.3) is 5.56 Å². The number of nitrogens with zero attached hydrogens (tertiary/aromatic N) is 3. The van der Waals surface area contributed by atoms with Gasteiger partial charge in [0, 0.05) is 25.1 Å². The molecule has 2 heterocycles. The smallest absolute Gasteiger partial charge is 0.253 e. The molecule has 0 amide bonds. The summed E-state index contributed by atoms with van der Waals surface area (Å²) in [6.07, 6.45) is 10.6. The maximum atomic E-state index is 12.3. The lowest BCUT2D eigenvalue weighted by molar-refractivity contribution is -0.000619. The predicted molar refractivity (Wildman–Crippen MR) is 93.1 cm³/mol. The average molecular weight is 331 g/mol. The van der Waals surface area contributed by atoms with Crippen LogP contribution in [0.5, 0.6) is 0 Å². The summed E-state index contributed by atoms with van der Waals surface area (Å²) in [5.74, 6) is 1.09. The third kappa shape index (κ3) is 3.72. The number of aliphatic hydroxyl groups is 1. The molecule has 3 fully saturated rings. The number of piperidine rings is 1. The van der Waals surface area contributed by atoms with Crippen molar-refractivity contribution in [2.75, 3.05) is 19.6 Å². The average Bonchev–Trinajstić information content (AvgIpc) is 3.33. The number of aromatic nitrogens is 2. The molecule has 0 unspecified atom stereocenters. The Bertz CT molecular complexity index is 624. The lowest BCUT2D eigenvalue weighted by atomic mass is 9.94. The standard InChI is InChI=1S/C19H29N3O2/c23-18-11-17(16-3-4-16)20-14-22(18)12-15-5-9-21(10-6-15)13-19(24)7-1-2-8-19/h11,14-16,24H,1-10,12-13H2. The van der Waals surface area contributed by atoms with Crippen LogP contribution in [0.1, 0.15) is 63.0 Å². The van der Waals surface area contributed by atoms with E-state index >= 15 is 0 Å². The van der Waals surface area contributed by atoms with E-state index in [4.69, 9.17) is 0 Å². The number of rotatable bonds is 5. The van der Waals surface area contributed by atoms with Crippen molar-refractivity contribution in [3.05, 3.63) is 28.4 Å². The lowest BCUT2D eigenvalue weighted by Crippen LogP contribution is -2.45. The predicted octanol–water partition coefficient (Wildman–Crippen LogP) is 2.14. The van der Waals surface area contributed by atoms with E-state index in [-0.39, 0.29) is 5.56 Å². The molecule has 0 bridgehead atoms. The minimum absolute atomic E-state index is 0.106. The normalized spacial score (nSPS) is 25.2. The van der Waals surface area contributed by atoms with Crippen LogP contribution in [0, 0.1) is 5.92 Å². The van der Waals surface area contributed by atoms with Crippen LogP contribution in [0.4, 0.5) is 0 Å². The molecule has 132 valence electrons. The van der Waals surface area contributed by atoms with Gasteiger partial charge in [-0.05, 0) is 57.5 Å². The second-order valence-corrected chi connectivity index (χ2v) is 8.23. The number of likely N-dealkylation sites (tertiary alicyclic amines) is 1. The van der Waals surface area contributed by atoms with Gasteiger partial charge in [-0.15, -0.1) is 0 Å². The van der Waals surface area contributed by atoms with Crippen molar-refractivity contribution in [1.29, 1.82) is 0 Å². The van der Waals surface area contributed by atoms with E-state index in [2.05, 4.69) is 9.88 Å². The fraction of sp³-hybridized carbons (Fsp3) is 0.789. The van der Waals surface area contributed by atoms with Crippen molar-refractivity contribution < 1.29 is 5.11 Å². The molecular formula is C19H29N3O2. The Balaban J connectivity index is 1.29. The highest BCUT2D eigenvalue weighted by molar-refractivity contribution is 5.12. The third-order valence-corrected chi connectivity index (χ3v) is 6.11. The zero-order valence-electron chi connectivity index (χ0n) is 14.5. The SMILES string of the molecule is O=c1cc(C2CC2)ncn1CC1CCN(CC2(O)CCCC2)CC1. The Labute approximate surface area is 143 Å². The Kier molecular flexibility index (Phi) is 4.48. The van der Waals surface area contributed by atoms with Crippen LogP contribution in [0.3, 0.4) is 0 Å². The van der Waals surface area contributed by atoms with Crippen LogP contribution in [-0.2, 0) is 6.54 Å². The Morgan fingerprint density at radius 2 is 1.88 bits per heavy atom. The molecule has 0 spiro atoms. The van der Waals surface area contributed by atoms with Crippen LogP contribution < -0.4 is 5.56 Å². The minimum atomic E-state index is -0.438. The molecule has 4 rings (SSSR count). The highest BCUT2D eigenvalue weighted by Gasteiger charge is 2.34. The van der Waals surface area contributed by atoms with Gasteiger partial charge >= 0.3 is 0 Å². The van der Waals surface area contributed by atoms with Gasteiger partial charge in [-0.1, -0.05) is 12.8 Å². The molecule has 0 atom stereocenters. The molecule has 3 aliphatic rings. The molecule has 0 radical (unpaired) electrons. The van der Waals surface area contributed by atoms with Crippen molar-refractivity contribution in [1.82, 2.24) is 14.5 Å². The van der Waals surface area contributed by atoms with Gasteiger partial charge in [-0.3, -0.25) is 9.36 Å². The molecule has 1 saturated heterocycles. The van der Waals surface area contributed by atoms with Crippen molar-refractivity contribution in [3.8, 4) is 0 Å². The van der Waals surface area contributed by atoms with Gasteiger partial charge in [-0.25, -0.2) is 4.98 Å². The van der Waals surface area contributed by atoms with E-state index in [0.29, 0.717) is 11.8 Å². The van der Waals surface area contributed by atoms with Crippen molar-refractivity contribution >= 4 is 0 Å². The fourth-order valence-electron chi connectivity index (χ4n) is 4.39. The maximum absolute atomic E-state index is 12.3.